The van der Waals surface area contributed by atoms with Crippen molar-refractivity contribution in [1.82, 2.24) is 4.98 Å². The summed E-state index contributed by atoms with van der Waals surface area (Å²) in [5.41, 5.74) is 3.34. The van der Waals surface area contributed by atoms with Gasteiger partial charge in [-0.25, -0.2) is 0 Å². The molecule has 0 bridgehead atoms. The van der Waals surface area contributed by atoms with E-state index < -0.39 is 5.60 Å². The highest BCUT2D eigenvalue weighted by Gasteiger charge is 2.52. The predicted molar refractivity (Wildman–Crippen MR) is 110 cm³/mol. The van der Waals surface area contributed by atoms with Crippen molar-refractivity contribution in [2.45, 2.75) is 19.1 Å². The molecule has 1 aromatic heterocycles. The SMILES string of the molecule is Cc1ccccc1CN1C(=O)[C@](O)(c2c[nH]c3ccccc23)c2ccccc21. The van der Waals surface area contributed by atoms with Gasteiger partial charge in [0.1, 0.15) is 0 Å². The van der Waals surface area contributed by atoms with Crippen molar-refractivity contribution >= 4 is 22.5 Å². The van der Waals surface area contributed by atoms with Crippen LogP contribution in [0, 0.1) is 6.92 Å². The van der Waals surface area contributed by atoms with E-state index in [0.29, 0.717) is 17.7 Å². The van der Waals surface area contributed by atoms with Crippen molar-refractivity contribution < 1.29 is 9.90 Å². The van der Waals surface area contributed by atoms with Crippen LogP contribution in [-0.2, 0) is 16.9 Å². The Morgan fingerprint density at radius 1 is 0.929 bits per heavy atom. The number of hydrogen-bond donors (Lipinski definition) is 2. The molecule has 138 valence electrons. The minimum atomic E-state index is -1.71. The number of aryl methyl sites for hydroxylation is 1. The highest BCUT2D eigenvalue weighted by Crippen LogP contribution is 2.46. The summed E-state index contributed by atoms with van der Waals surface area (Å²) in [6.45, 7) is 2.46. The summed E-state index contributed by atoms with van der Waals surface area (Å²) in [5.74, 6) is -0.318. The molecule has 5 rings (SSSR count). The van der Waals surface area contributed by atoms with Gasteiger partial charge in [-0.2, -0.15) is 0 Å². The van der Waals surface area contributed by atoms with Gasteiger partial charge in [-0.1, -0.05) is 60.7 Å². The zero-order chi connectivity index (χ0) is 19.3. The number of aliphatic hydroxyl groups is 1. The number of para-hydroxylation sites is 2. The molecule has 0 radical (unpaired) electrons. The van der Waals surface area contributed by atoms with Crippen LogP contribution in [0.15, 0.2) is 79.0 Å². The van der Waals surface area contributed by atoms with Crippen molar-refractivity contribution in [2.75, 3.05) is 4.90 Å². The first-order valence-electron chi connectivity index (χ1n) is 9.35. The molecule has 0 saturated carbocycles. The Kier molecular flexibility index (Phi) is 3.64. The lowest BCUT2D eigenvalue weighted by molar-refractivity contribution is -0.132. The van der Waals surface area contributed by atoms with Crippen LogP contribution in [0.3, 0.4) is 0 Å². The molecule has 2 N–H and O–H groups in total. The molecule has 0 fully saturated rings. The Labute approximate surface area is 163 Å². The van der Waals surface area contributed by atoms with Crippen LogP contribution in [0.2, 0.25) is 0 Å². The maximum absolute atomic E-state index is 13.6. The lowest BCUT2D eigenvalue weighted by Crippen LogP contribution is -2.40. The maximum Gasteiger partial charge on any atom is 0.268 e. The van der Waals surface area contributed by atoms with Crippen LogP contribution in [0.1, 0.15) is 22.3 Å². The summed E-state index contributed by atoms with van der Waals surface area (Å²) < 4.78 is 0. The fourth-order valence-electron chi connectivity index (χ4n) is 4.18. The normalized spacial score (nSPS) is 18.6. The van der Waals surface area contributed by atoms with E-state index in [1.807, 2.05) is 79.7 Å². The lowest BCUT2D eigenvalue weighted by atomic mass is 9.87. The highest BCUT2D eigenvalue weighted by atomic mass is 16.3. The van der Waals surface area contributed by atoms with Crippen molar-refractivity contribution in [3.05, 3.63) is 101 Å². The van der Waals surface area contributed by atoms with Gasteiger partial charge >= 0.3 is 0 Å². The monoisotopic (exact) mass is 368 g/mol. The molecule has 0 spiro atoms. The minimum Gasteiger partial charge on any atom is -0.372 e. The smallest absolute Gasteiger partial charge is 0.268 e. The third-order valence-corrected chi connectivity index (χ3v) is 5.71. The first-order chi connectivity index (χ1) is 13.6. The van der Waals surface area contributed by atoms with E-state index >= 15 is 0 Å². The van der Waals surface area contributed by atoms with E-state index in [2.05, 4.69) is 4.98 Å². The largest absolute Gasteiger partial charge is 0.372 e. The number of rotatable bonds is 3. The number of carbonyl (C=O) groups is 1. The fraction of sp³-hybridized carbons (Fsp3) is 0.125. The van der Waals surface area contributed by atoms with Crippen LogP contribution in [0.25, 0.3) is 10.9 Å². The summed E-state index contributed by atoms with van der Waals surface area (Å²) in [7, 11) is 0. The molecule has 1 atom stereocenters. The van der Waals surface area contributed by atoms with Gasteiger partial charge in [0.25, 0.3) is 5.91 Å². The summed E-state index contributed by atoms with van der Waals surface area (Å²) in [6, 6.07) is 23.2. The topological polar surface area (TPSA) is 56.3 Å². The number of aromatic amines is 1. The number of aromatic nitrogens is 1. The Morgan fingerprint density at radius 3 is 2.50 bits per heavy atom. The van der Waals surface area contributed by atoms with Gasteiger partial charge in [-0.15, -0.1) is 0 Å². The summed E-state index contributed by atoms with van der Waals surface area (Å²) in [5, 5.41) is 12.6. The van der Waals surface area contributed by atoms with Crippen molar-refractivity contribution in [2.24, 2.45) is 0 Å². The molecule has 1 aliphatic heterocycles. The van der Waals surface area contributed by atoms with Crippen molar-refractivity contribution in [3.8, 4) is 0 Å². The Morgan fingerprint density at radius 2 is 1.64 bits per heavy atom. The van der Waals surface area contributed by atoms with E-state index in [1.165, 1.54) is 0 Å². The molecule has 1 amide bonds. The number of anilines is 1. The first kappa shape index (κ1) is 16.8. The average molecular weight is 368 g/mol. The number of H-pyrrole nitrogens is 1. The number of carbonyl (C=O) groups excluding carboxylic acids is 1. The van der Waals surface area contributed by atoms with Crippen LogP contribution < -0.4 is 4.90 Å². The van der Waals surface area contributed by atoms with Crippen LogP contribution >= 0.6 is 0 Å². The zero-order valence-corrected chi connectivity index (χ0v) is 15.5. The second-order valence-corrected chi connectivity index (χ2v) is 7.29. The third kappa shape index (κ3) is 2.25. The number of nitrogens with one attached hydrogen (secondary N) is 1. The first-order valence-corrected chi connectivity index (χ1v) is 9.35. The summed E-state index contributed by atoms with van der Waals surface area (Å²) >= 11 is 0. The molecule has 3 aromatic carbocycles. The quantitative estimate of drug-likeness (QED) is 0.568. The number of amides is 1. The van der Waals surface area contributed by atoms with E-state index in [0.717, 1.165) is 27.7 Å². The second-order valence-electron chi connectivity index (χ2n) is 7.29. The molecule has 0 saturated heterocycles. The van der Waals surface area contributed by atoms with Gasteiger partial charge in [0.05, 0.1) is 12.2 Å². The van der Waals surface area contributed by atoms with Gasteiger partial charge in [0.2, 0.25) is 0 Å². The molecule has 4 heteroatoms. The molecule has 28 heavy (non-hydrogen) atoms. The standard InChI is InChI=1S/C24H20N2O2/c1-16-8-2-3-9-17(16)15-26-22-13-7-5-11-19(22)24(28,23(26)27)20-14-25-21-12-6-4-10-18(20)21/h2-14,25,28H,15H2,1H3/t24-/m1/s1. The molecular formula is C24H20N2O2. The Bertz CT molecular complexity index is 1210. The van der Waals surface area contributed by atoms with E-state index in [9.17, 15) is 9.90 Å². The number of benzene rings is 3. The van der Waals surface area contributed by atoms with Crippen LogP contribution in [0.4, 0.5) is 5.69 Å². The van der Waals surface area contributed by atoms with Crippen LogP contribution in [-0.4, -0.2) is 16.0 Å². The van der Waals surface area contributed by atoms with Gasteiger partial charge in [-0.05, 0) is 30.2 Å². The van der Waals surface area contributed by atoms with Crippen LogP contribution in [0.5, 0.6) is 0 Å². The molecule has 0 unspecified atom stereocenters. The van der Waals surface area contributed by atoms with Gasteiger partial charge in [0.15, 0.2) is 5.60 Å². The predicted octanol–water partition coefficient (Wildman–Crippen LogP) is 4.26. The minimum absolute atomic E-state index is 0.318. The maximum atomic E-state index is 13.6. The van der Waals surface area contributed by atoms with Gasteiger partial charge in [-0.3, -0.25) is 4.79 Å². The highest BCUT2D eigenvalue weighted by molar-refractivity contribution is 6.11. The van der Waals surface area contributed by atoms with Gasteiger partial charge < -0.3 is 15.0 Å². The Balaban J connectivity index is 1.68. The molecule has 4 aromatic rings. The van der Waals surface area contributed by atoms with Gasteiger partial charge in [0, 0.05) is 28.2 Å². The Hall–Kier alpha value is -3.37. The number of fused-ring (bicyclic) bond motifs is 2. The van der Waals surface area contributed by atoms with Crippen molar-refractivity contribution in [3.63, 3.8) is 0 Å². The molecule has 0 aliphatic carbocycles. The van der Waals surface area contributed by atoms with E-state index in [-0.39, 0.29) is 5.91 Å². The molecule has 4 nitrogen and oxygen atoms in total. The molecule has 2 heterocycles. The molecular weight excluding hydrogens is 348 g/mol. The van der Waals surface area contributed by atoms with Crippen molar-refractivity contribution in [1.29, 1.82) is 0 Å². The fourth-order valence-corrected chi connectivity index (χ4v) is 4.18. The third-order valence-electron chi connectivity index (χ3n) is 5.71. The molecule has 1 aliphatic rings. The number of nitrogens with zero attached hydrogens (tertiary/aromatic N) is 1. The van der Waals surface area contributed by atoms with E-state index in [1.54, 1.807) is 11.1 Å². The van der Waals surface area contributed by atoms with E-state index in [4.69, 9.17) is 0 Å². The number of hydrogen-bond acceptors (Lipinski definition) is 2. The summed E-state index contributed by atoms with van der Waals surface area (Å²) in [4.78, 5) is 18.5. The lowest BCUT2D eigenvalue weighted by Gasteiger charge is -2.23. The summed E-state index contributed by atoms with van der Waals surface area (Å²) in [6.07, 6.45) is 1.75. The average Bonchev–Trinajstić information content (AvgIpc) is 3.24. The second kappa shape index (κ2) is 6.08. The zero-order valence-electron chi connectivity index (χ0n) is 15.5.